The summed E-state index contributed by atoms with van der Waals surface area (Å²) in [6.07, 6.45) is 3.65. The predicted octanol–water partition coefficient (Wildman–Crippen LogP) is 2.18. The molecule has 2 aromatic rings. The summed E-state index contributed by atoms with van der Waals surface area (Å²) in [5, 5.41) is 5.13. The summed E-state index contributed by atoms with van der Waals surface area (Å²) in [5.74, 6) is -0.361. The van der Waals surface area contributed by atoms with Gasteiger partial charge in [0.15, 0.2) is 0 Å². The van der Waals surface area contributed by atoms with Gasteiger partial charge in [0.25, 0.3) is 5.91 Å². The molecule has 1 aromatic heterocycles. The Hall–Kier alpha value is -2.74. The van der Waals surface area contributed by atoms with Crippen LogP contribution >= 0.6 is 11.3 Å². The van der Waals surface area contributed by atoms with Gasteiger partial charge in [-0.25, -0.2) is 9.78 Å². The summed E-state index contributed by atoms with van der Waals surface area (Å²) >= 11 is 1.57. The molecule has 0 aliphatic carbocycles. The largest absolute Gasteiger partial charge is 0.329 e. The van der Waals surface area contributed by atoms with E-state index in [1.54, 1.807) is 41.8 Å². The van der Waals surface area contributed by atoms with E-state index in [1.165, 1.54) is 4.90 Å². The van der Waals surface area contributed by atoms with Crippen LogP contribution in [0.3, 0.4) is 0 Å². The van der Waals surface area contributed by atoms with Crippen molar-refractivity contribution in [1.82, 2.24) is 15.2 Å². The SMILES string of the molecule is O=C1CN(c2ccc(C(=O)N3CCC[C@@H]3c3nccs3)cc2)C(=O)N1. The zero-order chi connectivity index (χ0) is 17.4. The van der Waals surface area contributed by atoms with Crippen molar-refractivity contribution in [1.29, 1.82) is 0 Å². The lowest BCUT2D eigenvalue weighted by atomic mass is 10.1. The zero-order valence-corrected chi connectivity index (χ0v) is 14.2. The minimum atomic E-state index is -0.438. The summed E-state index contributed by atoms with van der Waals surface area (Å²) < 4.78 is 0. The Balaban J connectivity index is 1.53. The van der Waals surface area contributed by atoms with Crippen LogP contribution in [0.1, 0.15) is 34.2 Å². The average Bonchev–Trinajstić information content (AvgIpc) is 3.34. The average molecular weight is 356 g/mol. The topological polar surface area (TPSA) is 82.6 Å². The Morgan fingerprint density at radius 3 is 2.68 bits per heavy atom. The number of hydrogen-bond acceptors (Lipinski definition) is 5. The number of urea groups is 1. The molecule has 3 heterocycles. The van der Waals surface area contributed by atoms with Crippen molar-refractivity contribution in [2.45, 2.75) is 18.9 Å². The second-order valence-electron chi connectivity index (χ2n) is 6.01. The number of likely N-dealkylation sites (tertiary alicyclic amines) is 1. The number of nitrogens with one attached hydrogen (secondary N) is 1. The first kappa shape index (κ1) is 15.8. The van der Waals surface area contributed by atoms with E-state index in [1.807, 2.05) is 10.3 Å². The van der Waals surface area contributed by atoms with E-state index >= 15 is 0 Å². The van der Waals surface area contributed by atoms with Gasteiger partial charge in [0, 0.05) is 29.4 Å². The first-order valence-electron chi connectivity index (χ1n) is 8.05. The highest BCUT2D eigenvalue weighted by Crippen LogP contribution is 2.34. The van der Waals surface area contributed by atoms with E-state index < -0.39 is 6.03 Å². The summed E-state index contributed by atoms with van der Waals surface area (Å²) in [7, 11) is 0. The number of imide groups is 1. The summed E-state index contributed by atoms with van der Waals surface area (Å²) in [4.78, 5) is 43.4. The highest BCUT2D eigenvalue weighted by Gasteiger charge is 2.32. The quantitative estimate of drug-likeness (QED) is 0.855. The van der Waals surface area contributed by atoms with Gasteiger partial charge >= 0.3 is 6.03 Å². The van der Waals surface area contributed by atoms with Crippen LogP contribution in [-0.4, -0.2) is 40.8 Å². The van der Waals surface area contributed by atoms with Gasteiger partial charge in [0.2, 0.25) is 5.91 Å². The number of benzene rings is 1. The fourth-order valence-electron chi connectivity index (χ4n) is 3.27. The van der Waals surface area contributed by atoms with Crippen LogP contribution in [0.5, 0.6) is 0 Å². The van der Waals surface area contributed by atoms with Crippen molar-refractivity contribution in [3.63, 3.8) is 0 Å². The zero-order valence-electron chi connectivity index (χ0n) is 13.3. The van der Waals surface area contributed by atoms with Crippen LogP contribution in [0.15, 0.2) is 35.8 Å². The van der Waals surface area contributed by atoms with Crippen LogP contribution < -0.4 is 10.2 Å². The lowest BCUT2D eigenvalue weighted by Gasteiger charge is -2.23. The van der Waals surface area contributed by atoms with E-state index in [2.05, 4.69) is 10.3 Å². The molecule has 128 valence electrons. The van der Waals surface area contributed by atoms with Gasteiger partial charge in [-0.15, -0.1) is 11.3 Å². The number of rotatable bonds is 3. The molecular weight excluding hydrogens is 340 g/mol. The van der Waals surface area contributed by atoms with Gasteiger partial charge in [-0.1, -0.05) is 0 Å². The second-order valence-corrected chi connectivity index (χ2v) is 6.94. The molecule has 1 aromatic carbocycles. The van der Waals surface area contributed by atoms with Gasteiger partial charge in [-0.2, -0.15) is 0 Å². The number of carbonyl (C=O) groups excluding carboxylic acids is 3. The molecule has 7 nitrogen and oxygen atoms in total. The Bertz CT molecular complexity index is 819. The summed E-state index contributed by atoms with van der Waals surface area (Å²) in [6, 6.07) is 6.39. The lowest BCUT2D eigenvalue weighted by molar-refractivity contribution is -0.117. The van der Waals surface area contributed by atoms with Crippen LogP contribution in [0.25, 0.3) is 0 Å². The summed E-state index contributed by atoms with van der Waals surface area (Å²) in [6.45, 7) is 0.720. The van der Waals surface area contributed by atoms with Crippen LogP contribution in [0.2, 0.25) is 0 Å². The number of nitrogens with zero attached hydrogens (tertiary/aromatic N) is 3. The van der Waals surface area contributed by atoms with Gasteiger partial charge < -0.3 is 4.90 Å². The highest BCUT2D eigenvalue weighted by molar-refractivity contribution is 7.09. The molecule has 25 heavy (non-hydrogen) atoms. The van der Waals surface area contributed by atoms with E-state index in [9.17, 15) is 14.4 Å². The molecule has 0 saturated carbocycles. The van der Waals surface area contributed by atoms with Crippen molar-refractivity contribution >= 4 is 34.9 Å². The third kappa shape index (κ3) is 2.89. The monoisotopic (exact) mass is 356 g/mol. The van der Waals surface area contributed by atoms with Gasteiger partial charge in [0.05, 0.1) is 6.04 Å². The minimum absolute atomic E-state index is 0.00434. The smallest absolute Gasteiger partial charge is 0.329 e. The Morgan fingerprint density at radius 1 is 1.24 bits per heavy atom. The molecule has 0 spiro atoms. The molecule has 0 unspecified atom stereocenters. The first-order valence-corrected chi connectivity index (χ1v) is 8.93. The van der Waals surface area contributed by atoms with E-state index in [-0.39, 0.29) is 24.4 Å². The highest BCUT2D eigenvalue weighted by atomic mass is 32.1. The molecule has 2 fully saturated rings. The Labute approximate surface area is 148 Å². The van der Waals surface area contributed by atoms with Crippen molar-refractivity contribution in [2.24, 2.45) is 0 Å². The molecular formula is C17H16N4O3S. The molecule has 0 bridgehead atoms. The summed E-state index contributed by atoms with van der Waals surface area (Å²) in [5.41, 5.74) is 1.16. The third-order valence-electron chi connectivity index (χ3n) is 4.47. The van der Waals surface area contributed by atoms with Crippen LogP contribution in [-0.2, 0) is 4.79 Å². The van der Waals surface area contributed by atoms with Crippen molar-refractivity contribution in [3.05, 3.63) is 46.4 Å². The number of amides is 4. The number of anilines is 1. The minimum Gasteiger partial charge on any atom is -0.329 e. The molecule has 1 N–H and O–H groups in total. The maximum Gasteiger partial charge on any atom is 0.329 e. The van der Waals surface area contributed by atoms with Crippen LogP contribution in [0.4, 0.5) is 10.5 Å². The van der Waals surface area contributed by atoms with E-state index in [4.69, 9.17) is 0 Å². The Kier molecular flexibility index (Phi) is 3.96. The van der Waals surface area contributed by atoms with Crippen molar-refractivity contribution in [3.8, 4) is 0 Å². The number of carbonyl (C=O) groups is 3. The standard InChI is InChI=1S/C17H16N4O3S/c22-14-10-21(17(24)19-14)12-5-3-11(4-6-12)16(23)20-8-1-2-13(20)15-18-7-9-25-15/h3-7,9,13H,1-2,8,10H2,(H,19,22,24)/t13-/m1/s1. The molecule has 0 radical (unpaired) electrons. The number of aromatic nitrogens is 1. The Morgan fingerprint density at radius 2 is 2.04 bits per heavy atom. The van der Waals surface area contributed by atoms with Crippen molar-refractivity contribution in [2.75, 3.05) is 18.0 Å². The van der Waals surface area contributed by atoms with E-state index in [0.29, 0.717) is 17.8 Å². The molecule has 1 atom stereocenters. The van der Waals surface area contributed by atoms with Crippen LogP contribution in [0, 0.1) is 0 Å². The third-order valence-corrected chi connectivity index (χ3v) is 5.35. The van der Waals surface area contributed by atoms with Gasteiger partial charge in [-0.3, -0.25) is 19.8 Å². The van der Waals surface area contributed by atoms with Crippen molar-refractivity contribution < 1.29 is 14.4 Å². The normalized spacial score (nSPS) is 20.2. The predicted molar refractivity (Wildman–Crippen MR) is 92.5 cm³/mol. The van der Waals surface area contributed by atoms with Gasteiger partial charge in [-0.05, 0) is 37.1 Å². The molecule has 2 saturated heterocycles. The van der Waals surface area contributed by atoms with E-state index in [0.717, 1.165) is 17.8 Å². The van der Waals surface area contributed by atoms with Gasteiger partial charge in [0.1, 0.15) is 11.6 Å². The maximum atomic E-state index is 12.9. The molecule has 2 aliphatic rings. The number of hydrogen-bond donors (Lipinski definition) is 1. The lowest BCUT2D eigenvalue weighted by Crippen LogP contribution is -2.31. The fourth-order valence-corrected chi connectivity index (χ4v) is 4.05. The maximum absolute atomic E-state index is 12.9. The number of thiazole rings is 1. The molecule has 2 aliphatic heterocycles. The molecule has 4 rings (SSSR count). The second kappa shape index (κ2) is 6.29. The first-order chi connectivity index (χ1) is 12.1. The fraction of sp³-hybridized carbons (Fsp3) is 0.294. The molecule has 8 heteroatoms. The molecule has 4 amide bonds.